The lowest BCUT2D eigenvalue weighted by molar-refractivity contribution is 1.32. The van der Waals surface area contributed by atoms with E-state index in [2.05, 4.69) is 144 Å². The summed E-state index contributed by atoms with van der Waals surface area (Å²) >= 11 is 0. The second-order valence-electron chi connectivity index (χ2n) is 10.8. The van der Waals surface area contributed by atoms with Gasteiger partial charge in [0.2, 0.25) is 0 Å². The molecule has 0 bridgehead atoms. The van der Waals surface area contributed by atoms with E-state index in [9.17, 15) is 0 Å². The first-order valence-corrected chi connectivity index (χ1v) is 13.9. The summed E-state index contributed by atoms with van der Waals surface area (Å²) in [5.41, 5.74) is 16.5. The van der Waals surface area contributed by atoms with E-state index in [-0.39, 0.29) is 0 Å². The molecule has 0 saturated carbocycles. The molecule has 3 heteroatoms. The number of nitrogens with zero attached hydrogens (tertiary/aromatic N) is 1. The van der Waals surface area contributed by atoms with E-state index in [1.54, 1.807) is 0 Å². The number of rotatable bonds is 4. The lowest BCUT2D eigenvalue weighted by Crippen LogP contribution is -2.34. The van der Waals surface area contributed by atoms with Gasteiger partial charge in [0, 0.05) is 22.8 Å². The minimum atomic E-state index is 0.926. The minimum Gasteiger partial charge on any atom is -0.339 e. The first-order chi connectivity index (χ1) is 19.3. The molecule has 1 N–H and O–H groups in total. The third-order valence-corrected chi connectivity index (χ3v) is 7.46. The molecule has 0 aliphatic carbocycles. The van der Waals surface area contributed by atoms with Crippen molar-refractivity contribution in [3.05, 3.63) is 137 Å². The maximum Gasteiger partial charge on any atom is 0.192 e. The highest BCUT2D eigenvalue weighted by molar-refractivity contribution is 6.69. The monoisotopic (exact) mass is 519 g/mol. The minimum absolute atomic E-state index is 0.926. The van der Waals surface area contributed by atoms with Gasteiger partial charge in [-0.2, -0.15) is 0 Å². The van der Waals surface area contributed by atoms with Crippen LogP contribution in [0.25, 0.3) is 33.4 Å². The molecule has 0 spiro atoms. The predicted molar refractivity (Wildman–Crippen MR) is 173 cm³/mol. The molecule has 0 unspecified atom stereocenters. The molecule has 0 saturated heterocycles. The van der Waals surface area contributed by atoms with Crippen LogP contribution in [-0.4, -0.2) is 17.2 Å². The van der Waals surface area contributed by atoms with Gasteiger partial charge in [0.1, 0.15) is 5.65 Å². The molecule has 2 heterocycles. The number of nitrogens with one attached hydrogen (secondary N) is 1. The van der Waals surface area contributed by atoms with Gasteiger partial charge in [-0.1, -0.05) is 123 Å². The van der Waals surface area contributed by atoms with Gasteiger partial charge in [0.05, 0.1) is 0 Å². The Hall–Kier alpha value is -4.37. The smallest absolute Gasteiger partial charge is 0.192 e. The Morgan fingerprint density at radius 2 is 1.07 bits per heavy atom. The molecule has 6 aromatic rings. The first kappa shape index (κ1) is 27.2. The zero-order valence-corrected chi connectivity index (χ0v) is 24.3. The van der Waals surface area contributed by atoms with Gasteiger partial charge >= 0.3 is 0 Å². The van der Waals surface area contributed by atoms with Gasteiger partial charge in [-0.25, -0.2) is 4.98 Å². The first-order valence-electron chi connectivity index (χ1n) is 13.9. The van der Waals surface area contributed by atoms with Gasteiger partial charge in [0.25, 0.3) is 0 Å². The number of aromatic amines is 1. The van der Waals surface area contributed by atoms with Crippen LogP contribution in [0.5, 0.6) is 0 Å². The Kier molecular flexibility index (Phi) is 8.02. The molecule has 6 rings (SSSR count). The average molecular weight is 520 g/mol. The zero-order valence-electron chi connectivity index (χ0n) is 24.3. The second-order valence-corrected chi connectivity index (χ2v) is 10.8. The summed E-state index contributed by atoms with van der Waals surface area (Å²) in [5.74, 6) is 0. The van der Waals surface area contributed by atoms with E-state index >= 15 is 0 Å². The van der Waals surface area contributed by atoms with Crippen LogP contribution >= 0.6 is 0 Å². The number of fused-ring (bicyclic) bond motifs is 1. The van der Waals surface area contributed by atoms with Gasteiger partial charge in [-0.05, 0) is 70.9 Å². The summed E-state index contributed by atoms with van der Waals surface area (Å²) in [6.45, 7) is 13.1. The van der Waals surface area contributed by atoms with Crippen LogP contribution in [0.15, 0.2) is 103 Å². The van der Waals surface area contributed by atoms with Gasteiger partial charge in [-0.3, -0.25) is 0 Å². The Labute approximate surface area is 239 Å². The highest BCUT2D eigenvalue weighted by Gasteiger charge is 2.12. The fourth-order valence-corrected chi connectivity index (χ4v) is 5.67. The largest absolute Gasteiger partial charge is 0.339 e. The lowest BCUT2D eigenvalue weighted by atomic mass is 9.58. The molecule has 197 valence electrons. The van der Waals surface area contributed by atoms with Crippen molar-refractivity contribution in [1.29, 1.82) is 0 Å². The quantitative estimate of drug-likeness (QED) is 0.234. The van der Waals surface area contributed by atoms with Crippen LogP contribution in [0.4, 0.5) is 0 Å². The number of hydrogen-bond acceptors (Lipinski definition) is 1. The van der Waals surface area contributed by atoms with Crippen molar-refractivity contribution in [3.63, 3.8) is 0 Å². The molecule has 1 radical (unpaired) electrons. The fourth-order valence-electron chi connectivity index (χ4n) is 5.67. The molecule has 0 fully saturated rings. The Balaban J connectivity index is 0.000000162. The molecular weight excluding hydrogens is 483 g/mol. The summed E-state index contributed by atoms with van der Waals surface area (Å²) in [6.07, 6.45) is 1.81. The predicted octanol–water partition coefficient (Wildman–Crippen LogP) is 8.09. The fraction of sp³-hybridized carbons (Fsp3) is 0.162. The molecule has 2 nitrogen and oxygen atoms in total. The molecule has 2 aromatic heterocycles. The second kappa shape index (κ2) is 11.8. The third kappa shape index (κ3) is 5.94. The molecular formula is C37H36BN2. The number of benzene rings is 4. The number of pyridine rings is 1. The Morgan fingerprint density at radius 1 is 0.550 bits per heavy atom. The van der Waals surface area contributed by atoms with Crippen molar-refractivity contribution >= 4 is 29.2 Å². The molecule has 0 aliphatic heterocycles. The van der Waals surface area contributed by atoms with E-state index < -0.39 is 0 Å². The number of aryl methyl sites for hydroxylation is 6. The maximum atomic E-state index is 4.37. The van der Waals surface area contributed by atoms with Crippen molar-refractivity contribution in [3.8, 4) is 22.4 Å². The molecule has 4 aromatic carbocycles. The standard InChI is InChI=1S/C19H14N2.C18H22B/c1-2-7-14(8-3-1)16-10-4-5-11-17(16)18-13-15-9-6-12-20-19(15)21-18;1-11-7-13(3)17(14(4)8-11)19-18-15(5)9-12(2)10-16(18)6/h1-13H,(H,20,21);7-10H,1-6H3. The topological polar surface area (TPSA) is 28.7 Å². The van der Waals surface area contributed by atoms with E-state index in [1.165, 1.54) is 61.0 Å². The van der Waals surface area contributed by atoms with Crippen LogP contribution in [0.3, 0.4) is 0 Å². The zero-order chi connectivity index (χ0) is 28.2. The van der Waals surface area contributed by atoms with Crippen LogP contribution in [0, 0.1) is 41.5 Å². The van der Waals surface area contributed by atoms with Crippen molar-refractivity contribution in [2.24, 2.45) is 0 Å². The normalized spacial score (nSPS) is 10.8. The summed E-state index contributed by atoms with van der Waals surface area (Å²) in [7, 11) is 2.34. The number of H-pyrrole nitrogens is 1. The summed E-state index contributed by atoms with van der Waals surface area (Å²) < 4.78 is 0. The van der Waals surface area contributed by atoms with E-state index in [0.717, 1.165) is 16.7 Å². The molecule has 40 heavy (non-hydrogen) atoms. The summed E-state index contributed by atoms with van der Waals surface area (Å²) in [6, 6.07) is 34.1. The van der Waals surface area contributed by atoms with Crippen LogP contribution in [0.1, 0.15) is 33.4 Å². The average Bonchev–Trinajstić information content (AvgIpc) is 3.37. The number of hydrogen-bond donors (Lipinski definition) is 1. The van der Waals surface area contributed by atoms with E-state index in [4.69, 9.17) is 0 Å². The summed E-state index contributed by atoms with van der Waals surface area (Å²) in [5, 5.41) is 1.13. The lowest BCUT2D eigenvalue weighted by Gasteiger charge is -2.15. The van der Waals surface area contributed by atoms with Crippen molar-refractivity contribution < 1.29 is 0 Å². The summed E-state index contributed by atoms with van der Waals surface area (Å²) in [4.78, 5) is 7.79. The van der Waals surface area contributed by atoms with Gasteiger partial charge in [-0.15, -0.1) is 0 Å². The molecule has 0 atom stereocenters. The van der Waals surface area contributed by atoms with E-state index in [1.807, 2.05) is 18.3 Å². The molecule has 0 aliphatic rings. The Morgan fingerprint density at radius 3 is 1.62 bits per heavy atom. The SMILES string of the molecule is Cc1cc(C)c([B]c2c(C)cc(C)cc2C)c(C)c1.c1ccc(-c2ccccc2-c2cc3cccnc3[nH]2)cc1. The van der Waals surface area contributed by atoms with Crippen molar-refractivity contribution in [2.75, 3.05) is 0 Å². The van der Waals surface area contributed by atoms with Crippen LogP contribution in [-0.2, 0) is 0 Å². The van der Waals surface area contributed by atoms with Gasteiger partial charge in [0.15, 0.2) is 7.28 Å². The van der Waals surface area contributed by atoms with Crippen molar-refractivity contribution in [2.45, 2.75) is 41.5 Å². The van der Waals surface area contributed by atoms with Gasteiger partial charge < -0.3 is 4.98 Å². The Bertz CT molecular complexity index is 1650. The van der Waals surface area contributed by atoms with Crippen molar-refractivity contribution in [1.82, 2.24) is 9.97 Å². The molecule has 0 amide bonds. The van der Waals surface area contributed by atoms with Crippen LogP contribution in [0.2, 0.25) is 0 Å². The highest BCUT2D eigenvalue weighted by Crippen LogP contribution is 2.32. The third-order valence-electron chi connectivity index (χ3n) is 7.46. The highest BCUT2D eigenvalue weighted by atomic mass is 14.8. The number of aromatic nitrogens is 2. The van der Waals surface area contributed by atoms with E-state index in [0.29, 0.717) is 0 Å². The maximum absolute atomic E-state index is 4.37. The van der Waals surface area contributed by atoms with Crippen LogP contribution < -0.4 is 10.9 Å².